The molecule has 1 aliphatic heterocycles. The molecule has 0 N–H and O–H groups in total. The van der Waals surface area contributed by atoms with Gasteiger partial charge in [-0.2, -0.15) is 5.26 Å². The molecule has 4 heteroatoms. The van der Waals surface area contributed by atoms with Gasteiger partial charge >= 0.3 is 0 Å². The Balaban J connectivity index is 1.80. The predicted molar refractivity (Wildman–Crippen MR) is 123 cm³/mol. The minimum absolute atomic E-state index is 0.570. The molecule has 3 aromatic carbocycles. The fourth-order valence-corrected chi connectivity index (χ4v) is 4.82. The van der Waals surface area contributed by atoms with Crippen LogP contribution >= 0.6 is 11.3 Å². The summed E-state index contributed by atoms with van der Waals surface area (Å²) < 4.78 is 7.37. The molecule has 0 spiro atoms. The van der Waals surface area contributed by atoms with Gasteiger partial charge in [0.2, 0.25) is 0 Å². The monoisotopic (exact) mass is 406 g/mol. The van der Waals surface area contributed by atoms with Gasteiger partial charge in [-0.15, -0.1) is 11.3 Å². The Morgan fingerprint density at radius 1 is 1.00 bits per heavy atom. The van der Waals surface area contributed by atoms with Crippen LogP contribution in [0.3, 0.4) is 0 Å². The number of hydrogen-bond acceptors (Lipinski definition) is 4. The second-order valence-electron chi connectivity index (χ2n) is 7.32. The Labute approximate surface area is 179 Å². The van der Waals surface area contributed by atoms with Crippen molar-refractivity contribution in [2.45, 2.75) is 13.8 Å². The first-order chi connectivity index (χ1) is 14.6. The number of thiazole rings is 1. The van der Waals surface area contributed by atoms with E-state index in [0.717, 1.165) is 54.6 Å². The SMILES string of the molecule is Cc1cc(C)c2c(c1)OC(c1ccccc1)=CC2=C(C#N)c1nc2ccccc2s1. The molecular weight excluding hydrogens is 388 g/mol. The number of nitriles is 1. The van der Waals surface area contributed by atoms with Crippen molar-refractivity contribution in [2.75, 3.05) is 0 Å². The van der Waals surface area contributed by atoms with Gasteiger partial charge in [-0.25, -0.2) is 4.98 Å². The van der Waals surface area contributed by atoms with Crippen LogP contribution < -0.4 is 4.74 Å². The molecule has 1 aromatic heterocycles. The third kappa shape index (κ3) is 3.10. The van der Waals surface area contributed by atoms with E-state index in [0.29, 0.717) is 5.57 Å². The molecule has 0 unspecified atom stereocenters. The van der Waals surface area contributed by atoms with Crippen molar-refractivity contribution in [3.05, 3.63) is 100 Å². The van der Waals surface area contributed by atoms with E-state index in [4.69, 9.17) is 9.72 Å². The lowest BCUT2D eigenvalue weighted by molar-refractivity contribution is 0.508. The van der Waals surface area contributed by atoms with E-state index in [9.17, 15) is 5.26 Å². The summed E-state index contributed by atoms with van der Waals surface area (Å²) in [6, 6.07) is 24.5. The zero-order valence-corrected chi connectivity index (χ0v) is 17.5. The van der Waals surface area contributed by atoms with Gasteiger partial charge in [0.15, 0.2) is 0 Å². The van der Waals surface area contributed by atoms with Gasteiger partial charge in [0.1, 0.15) is 22.6 Å². The number of para-hydroxylation sites is 1. The van der Waals surface area contributed by atoms with Gasteiger partial charge in [0, 0.05) is 16.7 Å². The second-order valence-corrected chi connectivity index (χ2v) is 8.35. The first kappa shape index (κ1) is 18.4. The van der Waals surface area contributed by atoms with E-state index >= 15 is 0 Å². The highest BCUT2D eigenvalue weighted by molar-refractivity contribution is 7.19. The molecular formula is C26H18N2OS. The Morgan fingerprint density at radius 2 is 1.77 bits per heavy atom. The summed E-state index contributed by atoms with van der Waals surface area (Å²) in [5, 5.41) is 10.9. The average Bonchev–Trinajstić information content (AvgIpc) is 3.18. The highest BCUT2D eigenvalue weighted by Crippen LogP contribution is 2.43. The fourth-order valence-electron chi connectivity index (χ4n) is 3.85. The highest BCUT2D eigenvalue weighted by atomic mass is 32.1. The van der Waals surface area contributed by atoms with Crippen molar-refractivity contribution in [3.63, 3.8) is 0 Å². The molecule has 1 aliphatic rings. The molecule has 0 radical (unpaired) electrons. The average molecular weight is 407 g/mol. The number of rotatable bonds is 2. The third-order valence-corrected chi connectivity index (χ3v) is 6.21. The largest absolute Gasteiger partial charge is 0.456 e. The predicted octanol–water partition coefficient (Wildman–Crippen LogP) is 6.78. The molecule has 3 nitrogen and oxygen atoms in total. The summed E-state index contributed by atoms with van der Waals surface area (Å²) in [6.07, 6.45) is 1.98. The van der Waals surface area contributed by atoms with Crippen molar-refractivity contribution in [2.24, 2.45) is 0 Å². The van der Waals surface area contributed by atoms with Crippen LogP contribution in [-0.4, -0.2) is 4.98 Å². The summed E-state index contributed by atoms with van der Waals surface area (Å²) >= 11 is 1.54. The quantitative estimate of drug-likeness (QED) is 0.345. The number of fused-ring (bicyclic) bond motifs is 2. The molecule has 0 saturated carbocycles. The molecule has 4 aromatic rings. The summed E-state index contributed by atoms with van der Waals surface area (Å²) in [5.74, 6) is 1.51. The lowest BCUT2D eigenvalue weighted by atomic mass is 9.91. The maximum atomic E-state index is 10.2. The molecule has 0 bridgehead atoms. The first-order valence-corrected chi connectivity index (χ1v) is 10.5. The molecule has 30 heavy (non-hydrogen) atoms. The van der Waals surface area contributed by atoms with Gasteiger partial charge in [-0.1, -0.05) is 48.5 Å². The lowest BCUT2D eigenvalue weighted by Crippen LogP contribution is -2.07. The van der Waals surface area contributed by atoms with Gasteiger partial charge in [-0.3, -0.25) is 0 Å². The number of aryl methyl sites for hydroxylation is 2. The van der Waals surface area contributed by atoms with E-state index in [1.54, 1.807) is 11.3 Å². The molecule has 5 rings (SSSR count). The number of ether oxygens (including phenoxy) is 1. The smallest absolute Gasteiger partial charge is 0.135 e. The lowest BCUT2D eigenvalue weighted by Gasteiger charge is -2.23. The van der Waals surface area contributed by atoms with Crippen LogP contribution in [0.15, 0.2) is 72.8 Å². The first-order valence-electron chi connectivity index (χ1n) is 9.71. The van der Waals surface area contributed by atoms with Crippen molar-refractivity contribution >= 4 is 38.5 Å². The zero-order valence-electron chi connectivity index (χ0n) is 16.6. The molecule has 0 fully saturated rings. The van der Waals surface area contributed by atoms with Crippen LogP contribution in [0.2, 0.25) is 0 Å². The molecule has 0 saturated heterocycles. The minimum atomic E-state index is 0.570. The summed E-state index contributed by atoms with van der Waals surface area (Å²) in [7, 11) is 0. The third-order valence-electron chi connectivity index (χ3n) is 5.16. The Kier molecular flexibility index (Phi) is 4.46. The van der Waals surface area contributed by atoms with Gasteiger partial charge in [0.05, 0.1) is 15.8 Å². The van der Waals surface area contributed by atoms with Crippen molar-refractivity contribution < 1.29 is 4.74 Å². The number of aromatic nitrogens is 1. The molecule has 2 heterocycles. The van der Waals surface area contributed by atoms with Crippen molar-refractivity contribution in [3.8, 4) is 11.8 Å². The standard InChI is InChI=1S/C26H18N2OS/c1-16-12-17(2)25-19(14-22(29-23(25)13-16)18-8-4-3-5-9-18)20(15-27)26-28-21-10-6-7-11-24(21)30-26/h3-14H,1-2H3. The maximum Gasteiger partial charge on any atom is 0.135 e. The van der Waals surface area contributed by atoms with E-state index in [2.05, 4.69) is 26.0 Å². The van der Waals surface area contributed by atoms with E-state index in [-0.39, 0.29) is 0 Å². The second kappa shape index (κ2) is 7.29. The Hall–Kier alpha value is -3.68. The van der Waals surface area contributed by atoms with Crippen LogP contribution in [0, 0.1) is 25.2 Å². The van der Waals surface area contributed by atoms with Crippen LogP contribution in [0.25, 0.3) is 27.1 Å². The van der Waals surface area contributed by atoms with Gasteiger partial charge < -0.3 is 4.74 Å². The fraction of sp³-hybridized carbons (Fsp3) is 0.0769. The minimum Gasteiger partial charge on any atom is -0.456 e. The number of nitrogens with zero attached hydrogens (tertiary/aromatic N) is 2. The molecule has 144 valence electrons. The zero-order chi connectivity index (χ0) is 20.7. The van der Waals surface area contributed by atoms with Crippen molar-refractivity contribution in [1.82, 2.24) is 4.98 Å². The normalized spacial score (nSPS) is 14.5. The van der Waals surface area contributed by atoms with E-state index in [1.165, 1.54) is 0 Å². The van der Waals surface area contributed by atoms with Crippen LogP contribution in [0.1, 0.15) is 27.3 Å². The van der Waals surface area contributed by atoms with Gasteiger partial charge in [-0.05, 0) is 49.2 Å². The molecule has 0 amide bonds. The Bertz CT molecular complexity index is 1350. The summed E-state index contributed by atoms with van der Waals surface area (Å²) in [6.45, 7) is 4.11. The van der Waals surface area contributed by atoms with Crippen LogP contribution in [0.4, 0.5) is 0 Å². The van der Waals surface area contributed by atoms with E-state index in [1.807, 2.05) is 66.7 Å². The maximum absolute atomic E-state index is 10.2. The highest BCUT2D eigenvalue weighted by Gasteiger charge is 2.25. The van der Waals surface area contributed by atoms with E-state index < -0.39 is 0 Å². The molecule has 0 aliphatic carbocycles. The number of benzene rings is 3. The summed E-state index contributed by atoms with van der Waals surface area (Å²) in [5.41, 5.74) is 6.47. The van der Waals surface area contributed by atoms with Gasteiger partial charge in [0.25, 0.3) is 0 Å². The van der Waals surface area contributed by atoms with Crippen LogP contribution in [-0.2, 0) is 0 Å². The van der Waals surface area contributed by atoms with Crippen molar-refractivity contribution in [1.29, 1.82) is 5.26 Å². The molecule has 0 atom stereocenters. The van der Waals surface area contributed by atoms with Crippen LogP contribution in [0.5, 0.6) is 5.75 Å². The summed E-state index contributed by atoms with van der Waals surface area (Å²) in [4.78, 5) is 4.75. The number of allylic oxidation sites excluding steroid dienone is 3. The number of hydrogen-bond donors (Lipinski definition) is 0. The topological polar surface area (TPSA) is 45.9 Å². The Morgan fingerprint density at radius 3 is 2.53 bits per heavy atom.